The van der Waals surface area contributed by atoms with Crippen LogP contribution in [0.3, 0.4) is 0 Å². The van der Waals surface area contributed by atoms with E-state index in [-0.39, 0.29) is 11.9 Å². The second-order valence-electron chi connectivity index (χ2n) is 7.89. The van der Waals surface area contributed by atoms with Gasteiger partial charge < -0.3 is 14.2 Å². The summed E-state index contributed by atoms with van der Waals surface area (Å²) in [5, 5.41) is 8.81. The Kier molecular flexibility index (Phi) is 6.12. The van der Waals surface area contributed by atoms with Crippen LogP contribution in [0, 0.1) is 0 Å². The summed E-state index contributed by atoms with van der Waals surface area (Å²) in [5.41, 5.74) is 2.44. The molecule has 0 spiro atoms. The number of benzene rings is 2. The highest BCUT2D eigenvalue weighted by Crippen LogP contribution is 2.24. The van der Waals surface area contributed by atoms with Crippen molar-refractivity contribution in [3.63, 3.8) is 0 Å². The van der Waals surface area contributed by atoms with Gasteiger partial charge in [0, 0.05) is 19.4 Å². The zero-order valence-corrected chi connectivity index (χ0v) is 17.6. The quantitative estimate of drug-likeness (QED) is 0.601. The minimum Gasteiger partial charge on any atom is -0.497 e. The lowest BCUT2D eigenvalue weighted by Crippen LogP contribution is -2.40. The van der Waals surface area contributed by atoms with Crippen molar-refractivity contribution in [1.29, 1.82) is 0 Å². The Hall–Kier alpha value is -3.15. The summed E-state index contributed by atoms with van der Waals surface area (Å²) >= 11 is 0. The van der Waals surface area contributed by atoms with Crippen LogP contribution >= 0.6 is 0 Å². The highest BCUT2D eigenvalue weighted by molar-refractivity contribution is 5.76. The molecule has 0 N–H and O–H groups in total. The van der Waals surface area contributed by atoms with Gasteiger partial charge in [-0.05, 0) is 43.0 Å². The van der Waals surface area contributed by atoms with E-state index in [1.807, 2.05) is 35.2 Å². The van der Waals surface area contributed by atoms with E-state index in [9.17, 15) is 4.79 Å². The third kappa shape index (κ3) is 4.53. The summed E-state index contributed by atoms with van der Waals surface area (Å²) in [4.78, 5) is 14.7. The molecule has 0 bridgehead atoms. The topological polar surface area (TPSA) is 60.2 Å². The van der Waals surface area contributed by atoms with Gasteiger partial charge in [0.15, 0.2) is 5.82 Å². The fraction of sp³-hybridized carbons (Fsp3) is 0.375. The fourth-order valence-electron chi connectivity index (χ4n) is 4.10. The fourth-order valence-corrected chi connectivity index (χ4v) is 4.10. The molecule has 0 unspecified atom stereocenters. The minimum atomic E-state index is 0.174. The number of hydrogen-bond acceptors (Lipinski definition) is 4. The lowest BCUT2D eigenvalue weighted by Gasteiger charge is -2.32. The molecule has 1 aliphatic rings. The molecule has 1 aromatic heterocycles. The van der Waals surface area contributed by atoms with E-state index in [2.05, 4.69) is 46.0 Å². The molecule has 4 rings (SSSR count). The van der Waals surface area contributed by atoms with Crippen LogP contribution in [0.5, 0.6) is 5.75 Å². The Morgan fingerprint density at radius 3 is 2.57 bits per heavy atom. The first-order chi connectivity index (χ1) is 14.6. The molecule has 0 radical (unpaired) electrons. The van der Waals surface area contributed by atoms with Crippen molar-refractivity contribution in [3.05, 3.63) is 77.4 Å². The van der Waals surface area contributed by atoms with Crippen LogP contribution in [-0.2, 0) is 24.2 Å². The third-order valence-corrected chi connectivity index (χ3v) is 5.67. The molecule has 2 aromatic carbocycles. The van der Waals surface area contributed by atoms with Crippen molar-refractivity contribution >= 4 is 5.91 Å². The van der Waals surface area contributed by atoms with Crippen molar-refractivity contribution in [2.75, 3.05) is 13.7 Å². The predicted octanol–water partition coefficient (Wildman–Crippen LogP) is 3.80. The van der Waals surface area contributed by atoms with Crippen molar-refractivity contribution in [2.24, 2.45) is 0 Å². The summed E-state index contributed by atoms with van der Waals surface area (Å²) in [6.07, 6.45) is 3.02. The number of hydrogen-bond donors (Lipinski definition) is 0. The van der Waals surface area contributed by atoms with Crippen LogP contribution in [0.4, 0.5) is 0 Å². The van der Waals surface area contributed by atoms with Crippen LogP contribution in [0.2, 0.25) is 0 Å². The summed E-state index contributed by atoms with van der Waals surface area (Å²) in [6, 6.07) is 18.5. The Bertz CT molecular complexity index is 982. The molecule has 6 heteroatoms. The van der Waals surface area contributed by atoms with E-state index in [1.54, 1.807) is 7.11 Å². The SMILES string of the molecule is COc1ccc(CCCC(=O)N2Cc3nnc(Cc4ccccc4)n3[C@@H](C)C2)cc1. The normalized spacial score (nSPS) is 15.7. The van der Waals surface area contributed by atoms with Crippen molar-refractivity contribution in [3.8, 4) is 5.75 Å². The zero-order valence-electron chi connectivity index (χ0n) is 17.6. The Morgan fingerprint density at radius 1 is 1.07 bits per heavy atom. The first kappa shape index (κ1) is 20.1. The summed E-state index contributed by atoms with van der Waals surface area (Å²) in [5.74, 6) is 2.89. The Morgan fingerprint density at radius 2 is 1.83 bits per heavy atom. The van der Waals surface area contributed by atoms with Crippen molar-refractivity contribution in [1.82, 2.24) is 19.7 Å². The molecule has 2 heterocycles. The molecule has 30 heavy (non-hydrogen) atoms. The Labute approximate surface area is 177 Å². The summed E-state index contributed by atoms with van der Waals surface area (Å²) in [6.45, 7) is 3.37. The number of aromatic nitrogens is 3. The maximum absolute atomic E-state index is 12.8. The molecule has 0 saturated carbocycles. The van der Waals surface area contributed by atoms with Crippen LogP contribution in [0.25, 0.3) is 0 Å². The maximum Gasteiger partial charge on any atom is 0.223 e. The maximum atomic E-state index is 12.8. The Balaban J connectivity index is 1.34. The number of aryl methyl sites for hydroxylation is 1. The number of nitrogens with zero attached hydrogens (tertiary/aromatic N) is 4. The average molecular weight is 405 g/mol. The number of rotatable bonds is 7. The second kappa shape index (κ2) is 9.11. The second-order valence-corrected chi connectivity index (χ2v) is 7.89. The van der Waals surface area contributed by atoms with Gasteiger partial charge in [0.2, 0.25) is 5.91 Å². The van der Waals surface area contributed by atoms with Crippen LogP contribution in [0.15, 0.2) is 54.6 Å². The number of methoxy groups -OCH3 is 1. The van der Waals surface area contributed by atoms with Crippen LogP contribution in [-0.4, -0.2) is 39.2 Å². The highest BCUT2D eigenvalue weighted by Gasteiger charge is 2.28. The third-order valence-electron chi connectivity index (χ3n) is 5.67. The van der Waals surface area contributed by atoms with E-state index >= 15 is 0 Å². The van der Waals surface area contributed by atoms with Crippen LogP contribution in [0.1, 0.15) is 48.6 Å². The van der Waals surface area contributed by atoms with Gasteiger partial charge in [-0.1, -0.05) is 42.5 Å². The number of carbonyl (C=O) groups excluding carboxylic acids is 1. The average Bonchev–Trinajstić information content (AvgIpc) is 3.18. The molecule has 1 amide bonds. The van der Waals surface area contributed by atoms with Gasteiger partial charge in [0.05, 0.1) is 19.7 Å². The standard InChI is InChI=1S/C24H28N4O2/c1-18-16-27(24(29)10-6-9-19-11-13-21(30-2)14-12-19)17-23-26-25-22(28(18)23)15-20-7-4-3-5-8-20/h3-5,7-8,11-14,18H,6,9-10,15-17H2,1-2H3/t18-/m0/s1. The molecule has 6 nitrogen and oxygen atoms in total. The van der Waals surface area contributed by atoms with E-state index in [4.69, 9.17) is 4.74 Å². The monoisotopic (exact) mass is 404 g/mol. The van der Waals surface area contributed by atoms with E-state index in [1.165, 1.54) is 11.1 Å². The molecule has 3 aromatic rings. The van der Waals surface area contributed by atoms with Gasteiger partial charge in [0.25, 0.3) is 0 Å². The molecule has 1 atom stereocenters. The summed E-state index contributed by atoms with van der Waals surface area (Å²) < 4.78 is 7.39. The van der Waals surface area contributed by atoms with Crippen molar-refractivity contribution < 1.29 is 9.53 Å². The van der Waals surface area contributed by atoms with Gasteiger partial charge in [-0.25, -0.2) is 0 Å². The smallest absolute Gasteiger partial charge is 0.223 e. The summed E-state index contributed by atoms with van der Waals surface area (Å²) in [7, 11) is 1.67. The molecule has 1 aliphatic heterocycles. The van der Waals surface area contributed by atoms with Gasteiger partial charge in [-0.3, -0.25) is 4.79 Å². The van der Waals surface area contributed by atoms with E-state index < -0.39 is 0 Å². The lowest BCUT2D eigenvalue weighted by molar-refractivity contribution is -0.133. The molecule has 0 fully saturated rings. The van der Waals surface area contributed by atoms with Crippen LogP contribution < -0.4 is 4.74 Å². The molecule has 156 valence electrons. The molecule has 0 saturated heterocycles. The van der Waals surface area contributed by atoms with Gasteiger partial charge >= 0.3 is 0 Å². The first-order valence-corrected chi connectivity index (χ1v) is 10.5. The van der Waals surface area contributed by atoms with Gasteiger partial charge in [0.1, 0.15) is 11.6 Å². The lowest BCUT2D eigenvalue weighted by atomic mass is 10.1. The number of carbonyl (C=O) groups is 1. The predicted molar refractivity (Wildman–Crippen MR) is 115 cm³/mol. The number of ether oxygens (including phenoxy) is 1. The van der Waals surface area contributed by atoms with E-state index in [0.717, 1.165) is 36.7 Å². The molecule has 0 aliphatic carbocycles. The molecular weight excluding hydrogens is 376 g/mol. The largest absolute Gasteiger partial charge is 0.497 e. The van der Waals surface area contributed by atoms with Gasteiger partial charge in [-0.2, -0.15) is 0 Å². The van der Waals surface area contributed by atoms with Crippen molar-refractivity contribution in [2.45, 2.75) is 45.2 Å². The minimum absolute atomic E-state index is 0.174. The zero-order chi connectivity index (χ0) is 20.9. The number of amides is 1. The van der Waals surface area contributed by atoms with Gasteiger partial charge in [-0.15, -0.1) is 10.2 Å². The highest BCUT2D eigenvalue weighted by atomic mass is 16.5. The van der Waals surface area contributed by atoms with E-state index in [0.29, 0.717) is 19.5 Å². The number of fused-ring (bicyclic) bond motifs is 1. The first-order valence-electron chi connectivity index (χ1n) is 10.5. The molecular formula is C24H28N4O2.